The molecule has 1 heterocycles. The Morgan fingerprint density at radius 3 is 2.67 bits per heavy atom. The van der Waals surface area contributed by atoms with Crippen LogP contribution in [0.3, 0.4) is 0 Å². The van der Waals surface area contributed by atoms with Gasteiger partial charge in [0.25, 0.3) is 0 Å². The number of hydrogen-bond acceptors (Lipinski definition) is 4. The van der Waals surface area contributed by atoms with Gasteiger partial charge in [-0.25, -0.2) is 13.1 Å². The average molecular weight is 509 g/mol. The summed E-state index contributed by atoms with van der Waals surface area (Å²) in [6.07, 6.45) is 0.399. The summed E-state index contributed by atoms with van der Waals surface area (Å²) in [4.78, 5) is 16.4. The van der Waals surface area contributed by atoms with E-state index in [1.807, 2.05) is 31.2 Å². The van der Waals surface area contributed by atoms with Crippen molar-refractivity contribution in [1.82, 2.24) is 15.4 Å². The van der Waals surface area contributed by atoms with E-state index in [0.29, 0.717) is 32.0 Å². The SMILES string of the molecule is CCNC(=NCC1CC(=O)Nc2ccccc21)NCCNS(=O)(=O)CC.I. The minimum atomic E-state index is -3.19. The number of sulfonamides is 1. The van der Waals surface area contributed by atoms with Gasteiger partial charge in [0.2, 0.25) is 15.9 Å². The van der Waals surface area contributed by atoms with Crippen molar-refractivity contribution in [2.45, 2.75) is 26.2 Å². The van der Waals surface area contributed by atoms with Crippen LogP contribution in [0.5, 0.6) is 0 Å². The fourth-order valence-corrected chi connectivity index (χ4v) is 3.31. The Kier molecular flexibility index (Phi) is 10.0. The van der Waals surface area contributed by atoms with Gasteiger partial charge in [0.05, 0.1) is 12.3 Å². The van der Waals surface area contributed by atoms with E-state index in [1.54, 1.807) is 6.92 Å². The number of guanidine groups is 1. The van der Waals surface area contributed by atoms with Crippen molar-refractivity contribution in [3.8, 4) is 0 Å². The molecular weight excluding hydrogens is 481 g/mol. The van der Waals surface area contributed by atoms with E-state index >= 15 is 0 Å². The molecule has 0 spiro atoms. The lowest BCUT2D eigenvalue weighted by Gasteiger charge is -2.24. The molecule has 10 heteroatoms. The van der Waals surface area contributed by atoms with Crippen LogP contribution < -0.4 is 20.7 Å². The third-order valence-electron chi connectivity index (χ3n) is 4.04. The zero-order valence-corrected chi connectivity index (χ0v) is 18.8. The number of rotatable bonds is 8. The van der Waals surface area contributed by atoms with E-state index in [1.165, 1.54) is 0 Å². The number of amides is 1. The van der Waals surface area contributed by atoms with E-state index in [-0.39, 0.29) is 48.1 Å². The molecule has 27 heavy (non-hydrogen) atoms. The maximum atomic E-state index is 11.9. The minimum absolute atomic E-state index is 0. The number of carbonyl (C=O) groups excluding carboxylic acids is 1. The van der Waals surface area contributed by atoms with Gasteiger partial charge in [-0.05, 0) is 25.5 Å². The van der Waals surface area contributed by atoms with Crippen molar-refractivity contribution in [1.29, 1.82) is 0 Å². The van der Waals surface area contributed by atoms with Gasteiger partial charge >= 0.3 is 0 Å². The lowest BCUT2D eigenvalue weighted by Crippen LogP contribution is -2.42. The molecule has 1 aromatic carbocycles. The quantitative estimate of drug-likeness (QED) is 0.182. The number of fused-ring (bicyclic) bond motifs is 1. The minimum Gasteiger partial charge on any atom is -0.357 e. The van der Waals surface area contributed by atoms with Crippen LogP contribution in [0.15, 0.2) is 29.3 Å². The van der Waals surface area contributed by atoms with Gasteiger partial charge in [0, 0.05) is 37.7 Å². The number of para-hydroxylation sites is 1. The zero-order chi connectivity index (χ0) is 19.0. The molecule has 0 aliphatic carbocycles. The molecule has 1 unspecified atom stereocenters. The summed E-state index contributed by atoms with van der Waals surface area (Å²) in [6.45, 7) is 5.43. The zero-order valence-electron chi connectivity index (χ0n) is 15.6. The Morgan fingerprint density at radius 2 is 1.96 bits per heavy atom. The van der Waals surface area contributed by atoms with Crippen molar-refractivity contribution < 1.29 is 13.2 Å². The third-order valence-corrected chi connectivity index (χ3v) is 5.44. The van der Waals surface area contributed by atoms with Crippen molar-refractivity contribution in [3.05, 3.63) is 29.8 Å². The van der Waals surface area contributed by atoms with Gasteiger partial charge in [0.1, 0.15) is 0 Å². The molecule has 0 saturated carbocycles. The van der Waals surface area contributed by atoms with Crippen LogP contribution >= 0.6 is 24.0 Å². The van der Waals surface area contributed by atoms with E-state index in [4.69, 9.17) is 0 Å². The number of nitrogens with one attached hydrogen (secondary N) is 4. The van der Waals surface area contributed by atoms with Crippen LogP contribution in [-0.2, 0) is 14.8 Å². The first-order valence-corrected chi connectivity index (χ1v) is 10.5. The maximum absolute atomic E-state index is 11.9. The fourth-order valence-electron chi connectivity index (χ4n) is 2.70. The number of nitrogens with zero attached hydrogens (tertiary/aromatic N) is 1. The standard InChI is InChI=1S/C17H27N5O3S.HI/c1-3-18-17(19-9-10-21-26(24,25)4-2)20-12-13-11-16(23)22-15-8-6-5-7-14(13)15;/h5-8,13,21H,3-4,9-12H2,1-2H3,(H,22,23)(H2,18,19,20);1H. The Bertz CT molecular complexity index is 755. The first kappa shape index (κ1) is 23.6. The number of benzene rings is 1. The normalized spacial score (nSPS) is 16.7. The Labute approximate surface area is 178 Å². The van der Waals surface area contributed by atoms with Crippen LogP contribution in [0.1, 0.15) is 31.7 Å². The smallest absolute Gasteiger partial charge is 0.225 e. The largest absolute Gasteiger partial charge is 0.357 e. The van der Waals surface area contributed by atoms with Crippen LogP contribution in [-0.4, -0.2) is 52.2 Å². The second-order valence-corrected chi connectivity index (χ2v) is 8.08. The molecule has 1 atom stereocenters. The number of halogens is 1. The van der Waals surface area contributed by atoms with Gasteiger partial charge in [-0.2, -0.15) is 0 Å². The van der Waals surface area contributed by atoms with Crippen molar-refractivity contribution >= 4 is 51.6 Å². The van der Waals surface area contributed by atoms with Crippen LogP contribution in [0.2, 0.25) is 0 Å². The van der Waals surface area contributed by atoms with Gasteiger partial charge in [-0.15, -0.1) is 24.0 Å². The number of carbonyl (C=O) groups is 1. The molecule has 1 aliphatic heterocycles. The van der Waals surface area contributed by atoms with E-state index < -0.39 is 10.0 Å². The molecule has 0 bridgehead atoms. The summed E-state index contributed by atoms with van der Waals surface area (Å²) in [6, 6.07) is 7.76. The molecule has 0 aromatic heterocycles. The van der Waals surface area contributed by atoms with E-state index in [2.05, 4.69) is 25.7 Å². The summed E-state index contributed by atoms with van der Waals surface area (Å²) in [5.74, 6) is 0.682. The van der Waals surface area contributed by atoms with E-state index in [9.17, 15) is 13.2 Å². The van der Waals surface area contributed by atoms with Gasteiger partial charge in [0.15, 0.2) is 5.96 Å². The van der Waals surface area contributed by atoms with Gasteiger partial charge in [-0.3, -0.25) is 9.79 Å². The summed E-state index contributed by atoms with van der Waals surface area (Å²) in [5.41, 5.74) is 1.93. The predicted octanol–water partition coefficient (Wildman–Crippen LogP) is 1.22. The summed E-state index contributed by atoms with van der Waals surface area (Å²) >= 11 is 0. The van der Waals surface area contributed by atoms with Crippen LogP contribution in [0.25, 0.3) is 0 Å². The summed E-state index contributed by atoms with van der Waals surface area (Å²) < 4.78 is 25.4. The summed E-state index contributed by atoms with van der Waals surface area (Å²) in [5, 5.41) is 9.11. The van der Waals surface area contributed by atoms with Crippen molar-refractivity contribution in [2.24, 2.45) is 4.99 Å². The third kappa shape index (κ3) is 7.62. The second-order valence-electron chi connectivity index (χ2n) is 5.98. The van der Waals surface area contributed by atoms with Crippen LogP contribution in [0.4, 0.5) is 5.69 Å². The number of aliphatic imine (C=N–C) groups is 1. The lowest BCUT2D eigenvalue weighted by atomic mass is 9.91. The highest BCUT2D eigenvalue weighted by Crippen LogP contribution is 2.31. The lowest BCUT2D eigenvalue weighted by molar-refractivity contribution is -0.116. The number of anilines is 1. The molecule has 0 radical (unpaired) electrons. The number of hydrogen-bond donors (Lipinski definition) is 4. The maximum Gasteiger partial charge on any atom is 0.225 e. The molecule has 8 nitrogen and oxygen atoms in total. The van der Waals surface area contributed by atoms with Crippen LogP contribution in [0, 0.1) is 0 Å². The highest BCUT2D eigenvalue weighted by molar-refractivity contribution is 14.0. The second kappa shape index (κ2) is 11.4. The van der Waals surface area contributed by atoms with Crippen molar-refractivity contribution in [3.63, 3.8) is 0 Å². The Morgan fingerprint density at radius 1 is 1.22 bits per heavy atom. The molecule has 0 fully saturated rings. The highest BCUT2D eigenvalue weighted by Gasteiger charge is 2.24. The average Bonchev–Trinajstić information content (AvgIpc) is 2.62. The fraction of sp³-hybridized carbons (Fsp3) is 0.529. The molecular formula is C17H28IN5O3S. The predicted molar refractivity (Wildman–Crippen MR) is 119 cm³/mol. The van der Waals surface area contributed by atoms with E-state index in [0.717, 1.165) is 11.3 Å². The summed E-state index contributed by atoms with van der Waals surface area (Å²) in [7, 11) is -3.19. The molecule has 4 N–H and O–H groups in total. The first-order valence-electron chi connectivity index (χ1n) is 8.83. The monoisotopic (exact) mass is 509 g/mol. The Hall–Kier alpha value is -1.40. The topological polar surface area (TPSA) is 112 Å². The Balaban J connectivity index is 0.00000364. The molecule has 1 aliphatic rings. The highest BCUT2D eigenvalue weighted by atomic mass is 127. The molecule has 1 amide bonds. The molecule has 2 rings (SSSR count). The van der Waals surface area contributed by atoms with Crippen molar-refractivity contribution in [2.75, 3.05) is 37.2 Å². The van der Waals surface area contributed by atoms with Gasteiger partial charge in [-0.1, -0.05) is 18.2 Å². The molecule has 0 saturated heterocycles. The van der Waals surface area contributed by atoms with Gasteiger partial charge < -0.3 is 16.0 Å². The first-order chi connectivity index (χ1) is 12.4. The molecule has 152 valence electrons. The molecule has 1 aromatic rings.